The van der Waals surface area contributed by atoms with E-state index in [0.29, 0.717) is 35.4 Å². The van der Waals surface area contributed by atoms with Crippen molar-refractivity contribution < 1.29 is 4.79 Å². The third-order valence-electron chi connectivity index (χ3n) is 3.66. The van der Waals surface area contributed by atoms with Gasteiger partial charge in [-0.05, 0) is 36.2 Å². The smallest absolute Gasteiger partial charge is 0.270 e. The maximum absolute atomic E-state index is 12.4. The van der Waals surface area contributed by atoms with Gasteiger partial charge in [-0.3, -0.25) is 9.78 Å². The lowest BCUT2D eigenvalue weighted by molar-refractivity contribution is 0.0945. The van der Waals surface area contributed by atoms with Gasteiger partial charge in [0.2, 0.25) is 5.95 Å². The van der Waals surface area contributed by atoms with Crippen LogP contribution in [0, 0.1) is 6.92 Å². The summed E-state index contributed by atoms with van der Waals surface area (Å²) in [6, 6.07) is 12.9. The van der Waals surface area contributed by atoms with Crippen LogP contribution < -0.4 is 10.6 Å². The second kappa shape index (κ2) is 8.40. The van der Waals surface area contributed by atoms with E-state index in [2.05, 4.69) is 25.6 Å². The first-order chi connectivity index (χ1) is 12.6. The third kappa shape index (κ3) is 4.77. The van der Waals surface area contributed by atoms with Crippen LogP contribution in [0.2, 0.25) is 5.02 Å². The number of anilines is 1. The molecule has 0 spiro atoms. The van der Waals surface area contributed by atoms with Crippen LogP contribution in [-0.4, -0.2) is 20.9 Å². The van der Waals surface area contributed by atoms with Crippen LogP contribution in [0.4, 0.5) is 5.95 Å². The molecule has 3 rings (SSSR count). The lowest BCUT2D eigenvalue weighted by Crippen LogP contribution is -2.24. The molecule has 26 heavy (non-hydrogen) atoms. The Bertz CT molecular complexity index is 901. The molecule has 0 aliphatic rings. The molecule has 0 aliphatic heterocycles. The Morgan fingerprint density at radius 3 is 2.73 bits per heavy atom. The zero-order valence-electron chi connectivity index (χ0n) is 14.2. The van der Waals surface area contributed by atoms with E-state index >= 15 is 0 Å². The summed E-state index contributed by atoms with van der Waals surface area (Å²) in [4.78, 5) is 25.0. The summed E-state index contributed by atoms with van der Waals surface area (Å²) in [5.74, 6) is 0.122. The maximum atomic E-state index is 12.4. The van der Waals surface area contributed by atoms with Gasteiger partial charge in [-0.1, -0.05) is 35.9 Å². The van der Waals surface area contributed by atoms with Crippen molar-refractivity contribution in [3.05, 3.63) is 82.4 Å². The number of aromatic nitrogens is 3. The van der Waals surface area contributed by atoms with Gasteiger partial charge in [-0.15, -0.1) is 0 Å². The van der Waals surface area contributed by atoms with Crippen LogP contribution in [0.15, 0.2) is 54.9 Å². The van der Waals surface area contributed by atoms with Crippen LogP contribution in [0.5, 0.6) is 0 Å². The minimum Gasteiger partial charge on any atom is -0.350 e. The molecule has 2 N–H and O–H groups in total. The molecule has 0 atom stereocenters. The molecule has 7 heteroatoms. The molecule has 0 bridgehead atoms. The topological polar surface area (TPSA) is 79.8 Å². The molecular formula is C19H18ClN5O. The monoisotopic (exact) mass is 367 g/mol. The number of pyridine rings is 1. The fourth-order valence-electron chi connectivity index (χ4n) is 2.36. The van der Waals surface area contributed by atoms with Crippen LogP contribution in [0.3, 0.4) is 0 Å². The van der Waals surface area contributed by atoms with Gasteiger partial charge >= 0.3 is 0 Å². The van der Waals surface area contributed by atoms with E-state index in [1.54, 1.807) is 18.5 Å². The van der Waals surface area contributed by atoms with Gasteiger partial charge < -0.3 is 10.6 Å². The van der Waals surface area contributed by atoms with Crippen LogP contribution in [0.1, 0.15) is 27.3 Å². The molecule has 0 unspecified atom stereocenters. The molecule has 0 saturated carbocycles. The van der Waals surface area contributed by atoms with Crippen LogP contribution >= 0.6 is 11.6 Å². The molecule has 0 aliphatic carbocycles. The largest absolute Gasteiger partial charge is 0.350 e. The van der Waals surface area contributed by atoms with Crippen molar-refractivity contribution in [3.63, 3.8) is 0 Å². The number of nitrogens with zero attached hydrogens (tertiary/aromatic N) is 3. The first kappa shape index (κ1) is 17.8. The Kier molecular flexibility index (Phi) is 5.76. The van der Waals surface area contributed by atoms with E-state index in [9.17, 15) is 4.79 Å². The summed E-state index contributed by atoms with van der Waals surface area (Å²) in [5, 5.41) is 6.62. The molecule has 0 fully saturated rings. The third-order valence-corrected chi connectivity index (χ3v) is 4.03. The van der Waals surface area contributed by atoms with Crippen molar-refractivity contribution in [3.8, 4) is 0 Å². The molecule has 2 heterocycles. The Morgan fingerprint density at radius 2 is 1.96 bits per heavy atom. The van der Waals surface area contributed by atoms with Gasteiger partial charge in [-0.25, -0.2) is 9.97 Å². The number of hydrogen-bond donors (Lipinski definition) is 2. The number of halogens is 1. The minimum atomic E-state index is -0.264. The van der Waals surface area contributed by atoms with Crippen LogP contribution in [0.25, 0.3) is 0 Å². The summed E-state index contributed by atoms with van der Waals surface area (Å²) in [5.41, 5.74) is 2.86. The summed E-state index contributed by atoms with van der Waals surface area (Å²) >= 11 is 6.15. The van der Waals surface area contributed by atoms with Gasteiger partial charge in [0, 0.05) is 36.2 Å². The number of hydrogen-bond acceptors (Lipinski definition) is 5. The van der Waals surface area contributed by atoms with E-state index in [1.165, 1.54) is 0 Å². The standard InChI is InChI=1S/C19H18ClN5O/c1-13-9-17(18(26)22-11-14-5-4-8-21-10-14)25-19(24-13)23-12-15-6-2-3-7-16(15)20/h2-10H,11-12H2,1H3,(H,22,26)(H,23,24,25). The lowest BCUT2D eigenvalue weighted by Gasteiger charge is -2.10. The normalized spacial score (nSPS) is 10.4. The van der Waals surface area contributed by atoms with E-state index in [-0.39, 0.29) is 5.91 Å². The van der Waals surface area contributed by atoms with Crippen molar-refractivity contribution in [1.82, 2.24) is 20.3 Å². The molecule has 1 aromatic carbocycles. The molecule has 3 aromatic rings. The highest BCUT2D eigenvalue weighted by Gasteiger charge is 2.11. The molecule has 132 valence electrons. The highest BCUT2D eigenvalue weighted by Crippen LogP contribution is 2.16. The number of carbonyl (C=O) groups is 1. The summed E-state index contributed by atoms with van der Waals surface area (Å²) in [7, 11) is 0. The molecule has 6 nitrogen and oxygen atoms in total. The highest BCUT2D eigenvalue weighted by atomic mass is 35.5. The van der Waals surface area contributed by atoms with E-state index < -0.39 is 0 Å². The van der Waals surface area contributed by atoms with Crippen LogP contribution in [-0.2, 0) is 13.1 Å². The Morgan fingerprint density at radius 1 is 1.12 bits per heavy atom. The van der Waals surface area contributed by atoms with Gasteiger partial charge in [-0.2, -0.15) is 0 Å². The zero-order valence-corrected chi connectivity index (χ0v) is 15.0. The highest BCUT2D eigenvalue weighted by molar-refractivity contribution is 6.31. The number of aryl methyl sites for hydroxylation is 1. The molecule has 0 saturated heterocycles. The molecule has 0 radical (unpaired) electrons. The van der Waals surface area contributed by atoms with E-state index in [4.69, 9.17) is 11.6 Å². The lowest BCUT2D eigenvalue weighted by atomic mass is 10.2. The number of benzene rings is 1. The van der Waals surface area contributed by atoms with Crippen molar-refractivity contribution in [2.45, 2.75) is 20.0 Å². The minimum absolute atomic E-state index is 0.264. The number of carbonyl (C=O) groups excluding carboxylic acids is 1. The summed E-state index contributed by atoms with van der Waals surface area (Å²) < 4.78 is 0. The number of rotatable bonds is 6. The van der Waals surface area contributed by atoms with Crippen molar-refractivity contribution >= 4 is 23.5 Å². The Labute approximate surface area is 156 Å². The molecule has 2 aromatic heterocycles. The van der Waals surface area contributed by atoms with Gasteiger partial charge in [0.05, 0.1) is 0 Å². The molecule has 1 amide bonds. The van der Waals surface area contributed by atoms with Crippen molar-refractivity contribution in [1.29, 1.82) is 0 Å². The molecular weight excluding hydrogens is 350 g/mol. The summed E-state index contributed by atoms with van der Waals surface area (Å²) in [6.45, 7) is 2.68. The van der Waals surface area contributed by atoms with Gasteiger partial charge in [0.25, 0.3) is 5.91 Å². The second-order valence-corrected chi connectivity index (χ2v) is 6.11. The van der Waals surface area contributed by atoms with Crippen molar-refractivity contribution in [2.75, 3.05) is 5.32 Å². The SMILES string of the molecule is Cc1cc(C(=O)NCc2cccnc2)nc(NCc2ccccc2Cl)n1. The Balaban J connectivity index is 1.67. The second-order valence-electron chi connectivity index (χ2n) is 5.71. The van der Waals surface area contributed by atoms with Gasteiger partial charge in [0.15, 0.2) is 0 Å². The first-order valence-electron chi connectivity index (χ1n) is 8.12. The number of amides is 1. The van der Waals surface area contributed by atoms with Crippen molar-refractivity contribution in [2.24, 2.45) is 0 Å². The first-order valence-corrected chi connectivity index (χ1v) is 8.49. The quantitative estimate of drug-likeness (QED) is 0.698. The average molecular weight is 368 g/mol. The average Bonchev–Trinajstić information content (AvgIpc) is 2.66. The number of nitrogens with one attached hydrogen (secondary N) is 2. The maximum Gasteiger partial charge on any atom is 0.270 e. The predicted octanol–water partition coefficient (Wildman–Crippen LogP) is 3.38. The fraction of sp³-hybridized carbons (Fsp3) is 0.158. The summed E-state index contributed by atoms with van der Waals surface area (Å²) in [6.07, 6.45) is 3.40. The predicted molar refractivity (Wildman–Crippen MR) is 101 cm³/mol. The van der Waals surface area contributed by atoms with E-state index in [0.717, 1.165) is 11.1 Å². The van der Waals surface area contributed by atoms with E-state index in [1.807, 2.05) is 43.3 Å². The zero-order chi connectivity index (χ0) is 18.4. The Hall–Kier alpha value is -2.99. The fourth-order valence-corrected chi connectivity index (χ4v) is 2.56. The van der Waals surface area contributed by atoms with Gasteiger partial charge in [0.1, 0.15) is 5.69 Å².